The predicted molar refractivity (Wildman–Crippen MR) is 87.6 cm³/mol. The molecule has 1 fully saturated rings. The monoisotopic (exact) mass is 319 g/mol. The molecule has 1 aromatic carbocycles. The Morgan fingerprint density at radius 3 is 2.57 bits per heavy atom. The van der Waals surface area contributed by atoms with Crippen LogP contribution in [0.15, 0.2) is 18.2 Å². The summed E-state index contributed by atoms with van der Waals surface area (Å²) in [6, 6.07) is 5.94. The van der Waals surface area contributed by atoms with Crippen LogP contribution >= 0.6 is 0 Å². The minimum atomic E-state index is -0.546. The maximum Gasteiger partial charge on any atom is 0.263 e. The van der Waals surface area contributed by atoms with Crippen LogP contribution in [0.5, 0.6) is 5.75 Å². The number of hydrazine groups is 1. The highest BCUT2D eigenvalue weighted by Crippen LogP contribution is 2.22. The molecule has 0 radical (unpaired) electrons. The molecule has 0 aliphatic carbocycles. The number of nitrogens with one attached hydrogen (secondary N) is 1. The van der Waals surface area contributed by atoms with Crippen LogP contribution in [-0.2, 0) is 9.59 Å². The summed E-state index contributed by atoms with van der Waals surface area (Å²) >= 11 is 0. The topological polar surface area (TPSA) is 84.7 Å². The third-order valence-corrected chi connectivity index (χ3v) is 4.31. The van der Waals surface area contributed by atoms with Crippen LogP contribution in [0.4, 0.5) is 0 Å². The molecule has 6 heteroatoms. The zero-order valence-corrected chi connectivity index (χ0v) is 14.0. The number of piperidine rings is 1. The predicted octanol–water partition coefficient (Wildman–Crippen LogP) is 1.30. The molecule has 1 atom stereocenters. The fourth-order valence-electron chi connectivity index (χ4n) is 2.81. The quantitative estimate of drug-likeness (QED) is 0.498. The van der Waals surface area contributed by atoms with Gasteiger partial charge in [0, 0.05) is 19.0 Å². The highest BCUT2D eigenvalue weighted by Gasteiger charge is 2.29. The molecular weight excluding hydrogens is 294 g/mol. The van der Waals surface area contributed by atoms with Gasteiger partial charge in [0.15, 0.2) is 6.10 Å². The first-order valence-corrected chi connectivity index (χ1v) is 7.95. The highest BCUT2D eigenvalue weighted by atomic mass is 16.5. The van der Waals surface area contributed by atoms with E-state index in [4.69, 9.17) is 10.6 Å². The summed E-state index contributed by atoms with van der Waals surface area (Å²) in [6.07, 6.45) is 0.714. The number of carbonyl (C=O) groups is 2. The molecule has 0 aromatic heterocycles. The molecular formula is C17H25N3O3. The molecule has 1 aromatic rings. The van der Waals surface area contributed by atoms with Gasteiger partial charge in [-0.25, -0.2) is 5.84 Å². The number of carbonyl (C=O) groups excluding carboxylic acids is 2. The van der Waals surface area contributed by atoms with Gasteiger partial charge in [-0.3, -0.25) is 15.0 Å². The van der Waals surface area contributed by atoms with E-state index in [9.17, 15) is 9.59 Å². The summed E-state index contributed by atoms with van der Waals surface area (Å²) in [4.78, 5) is 25.8. The number of ether oxygens (including phenoxy) is 1. The van der Waals surface area contributed by atoms with Crippen LogP contribution in [0, 0.1) is 19.8 Å². The molecule has 1 aliphatic heterocycles. The van der Waals surface area contributed by atoms with Gasteiger partial charge in [0.05, 0.1) is 0 Å². The minimum Gasteiger partial charge on any atom is -0.481 e. The summed E-state index contributed by atoms with van der Waals surface area (Å²) in [6.45, 7) is 6.83. The van der Waals surface area contributed by atoms with Crippen molar-refractivity contribution in [1.29, 1.82) is 0 Å². The standard InChI is InChI=1S/C17H25N3O3/c1-11-4-5-12(2)15(10-11)23-13(3)17(22)20-8-6-14(7-9-20)16(21)19-18/h4-5,10,13-14H,6-9,18H2,1-3H3,(H,19,21). The number of benzene rings is 1. The molecule has 3 N–H and O–H groups in total. The first-order valence-electron chi connectivity index (χ1n) is 7.95. The summed E-state index contributed by atoms with van der Waals surface area (Å²) in [5, 5.41) is 0. The number of nitrogens with zero attached hydrogens (tertiary/aromatic N) is 1. The lowest BCUT2D eigenvalue weighted by atomic mass is 9.96. The van der Waals surface area contributed by atoms with E-state index in [2.05, 4.69) is 5.43 Å². The zero-order chi connectivity index (χ0) is 17.0. The van der Waals surface area contributed by atoms with E-state index < -0.39 is 6.10 Å². The minimum absolute atomic E-state index is 0.0440. The van der Waals surface area contributed by atoms with Gasteiger partial charge in [0.1, 0.15) is 5.75 Å². The second-order valence-corrected chi connectivity index (χ2v) is 6.14. The molecule has 1 saturated heterocycles. The smallest absolute Gasteiger partial charge is 0.263 e. The van der Waals surface area contributed by atoms with Crippen molar-refractivity contribution < 1.29 is 14.3 Å². The normalized spacial score (nSPS) is 16.8. The first-order chi connectivity index (χ1) is 10.9. The van der Waals surface area contributed by atoms with Gasteiger partial charge < -0.3 is 9.64 Å². The molecule has 1 aliphatic rings. The van der Waals surface area contributed by atoms with Gasteiger partial charge in [-0.1, -0.05) is 12.1 Å². The fraction of sp³-hybridized carbons (Fsp3) is 0.529. The van der Waals surface area contributed by atoms with Crippen molar-refractivity contribution in [3.63, 3.8) is 0 Å². The van der Waals surface area contributed by atoms with E-state index in [-0.39, 0.29) is 17.7 Å². The Balaban J connectivity index is 1.93. The number of hydrogen-bond donors (Lipinski definition) is 2. The van der Waals surface area contributed by atoms with Crippen molar-refractivity contribution in [2.45, 2.75) is 39.7 Å². The molecule has 23 heavy (non-hydrogen) atoms. The first kappa shape index (κ1) is 17.3. The third kappa shape index (κ3) is 4.22. The Bertz CT molecular complexity index is 580. The Hall–Kier alpha value is -2.08. The molecule has 1 heterocycles. The molecule has 1 unspecified atom stereocenters. The maximum absolute atomic E-state index is 12.5. The van der Waals surface area contributed by atoms with E-state index in [0.29, 0.717) is 25.9 Å². The Morgan fingerprint density at radius 1 is 1.30 bits per heavy atom. The number of likely N-dealkylation sites (tertiary alicyclic amines) is 1. The van der Waals surface area contributed by atoms with Crippen molar-refractivity contribution in [2.24, 2.45) is 11.8 Å². The van der Waals surface area contributed by atoms with E-state index in [1.807, 2.05) is 32.0 Å². The third-order valence-electron chi connectivity index (χ3n) is 4.31. The van der Waals surface area contributed by atoms with Crippen LogP contribution in [-0.4, -0.2) is 35.9 Å². The number of nitrogens with two attached hydrogens (primary N) is 1. The lowest BCUT2D eigenvalue weighted by Crippen LogP contribution is -2.47. The van der Waals surface area contributed by atoms with Gasteiger partial charge in [-0.2, -0.15) is 0 Å². The SMILES string of the molecule is Cc1ccc(C)c(OC(C)C(=O)N2CCC(C(=O)NN)CC2)c1. The number of rotatable bonds is 4. The summed E-state index contributed by atoms with van der Waals surface area (Å²) in [5.41, 5.74) is 4.28. The van der Waals surface area contributed by atoms with Crippen molar-refractivity contribution >= 4 is 11.8 Å². The number of aryl methyl sites for hydroxylation is 2. The second kappa shape index (κ2) is 7.46. The van der Waals surface area contributed by atoms with Gasteiger partial charge in [0.2, 0.25) is 5.91 Å². The molecule has 0 spiro atoms. The largest absolute Gasteiger partial charge is 0.481 e. The lowest BCUT2D eigenvalue weighted by Gasteiger charge is -2.32. The van der Waals surface area contributed by atoms with Crippen molar-refractivity contribution in [1.82, 2.24) is 10.3 Å². The van der Waals surface area contributed by atoms with Crippen LogP contribution in [0.1, 0.15) is 30.9 Å². The zero-order valence-electron chi connectivity index (χ0n) is 14.0. The van der Waals surface area contributed by atoms with Gasteiger partial charge in [-0.15, -0.1) is 0 Å². The highest BCUT2D eigenvalue weighted by molar-refractivity contribution is 5.82. The molecule has 2 rings (SSSR count). The number of amides is 2. The molecule has 2 amide bonds. The second-order valence-electron chi connectivity index (χ2n) is 6.14. The maximum atomic E-state index is 12.5. The van der Waals surface area contributed by atoms with Gasteiger partial charge >= 0.3 is 0 Å². The summed E-state index contributed by atoms with van der Waals surface area (Å²) < 4.78 is 5.85. The number of hydrogen-bond acceptors (Lipinski definition) is 4. The molecule has 0 saturated carbocycles. The Morgan fingerprint density at radius 2 is 1.96 bits per heavy atom. The average Bonchev–Trinajstić information content (AvgIpc) is 2.56. The fourth-order valence-corrected chi connectivity index (χ4v) is 2.81. The summed E-state index contributed by atoms with van der Waals surface area (Å²) in [5.74, 6) is 5.59. The van der Waals surface area contributed by atoms with Crippen molar-refractivity contribution in [3.05, 3.63) is 29.3 Å². The van der Waals surface area contributed by atoms with E-state index in [1.54, 1.807) is 11.8 Å². The van der Waals surface area contributed by atoms with Crippen LogP contribution < -0.4 is 16.0 Å². The van der Waals surface area contributed by atoms with E-state index >= 15 is 0 Å². The Kier molecular flexibility index (Phi) is 5.60. The molecule has 126 valence electrons. The molecule has 0 bridgehead atoms. The lowest BCUT2D eigenvalue weighted by molar-refractivity contribution is -0.141. The van der Waals surface area contributed by atoms with E-state index in [0.717, 1.165) is 16.9 Å². The van der Waals surface area contributed by atoms with Crippen LogP contribution in [0.25, 0.3) is 0 Å². The van der Waals surface area contributed by atoms with Crippen molar-refractivity contribution in [2.75, 3.05) is 13.1 Å². The van der Waals surface area contributed by atoms with Crippen LogP contribution in [0.3, 0.4) is 0 Å². The van der Waals surface area contributed by atoms with Gasteiger partial charge in [0.25, 0.3) is 5.91 Å². The Labute approximate surface area is 136 Å². The average molecular weight is 319 g/mol. The summed E-state index contributed by atoms with van der Waals surface area (Å²) in [7, 11) is 0. The molecule has 6 nitrogen and oxygen atoms in total. The van der Waals surface area contributed by atoms with Crippen molar-refractivity contribution in [3.8, 4) is 5.75 Å². The van der Waals surface area contributed by atoms with Crippen LogP contribution in [0.2, 0.25) is 0 Å². The van der Waals surface area contributed by atoms with Gasteiger partial charge in [-0.05, 0) is 50.8 Å². The van der Waals surface area contributed by atoms with E-state index in [1.165, 1.54) is 0 Å².